The summed E-state index contributed by atoms with van der Waals surface area (Å²) in [4.78, 5) is 14.2. The van der Waals surface area contributed by atoms with Crippen LogP contribution in [0.1, 0.15) is 33.6 Å². The van der Waals surface area contributed by atoms with Crippen LogP contribution in [0.3, 0.4) is 0 Å². The third-order valence-electron chi connectivity index (χ3n) is 7.19. The van der Waals surface area contributed by atoms with Gasteiger partial charge in [-0.1, -0.05) is 81.4 Å². The number of nitrogens with zero attached hydrogens (tertiary/aromatic N) is 1. The first-order chi connectivity index (χ1) is 15.1. The molecule has 2 heterocycles. The molecule has 0 spiro atoms. The summed E-state index contributed by atoms with van der Waals surface area (Å²) in [7, 11) is -4.63. The first-order valence-electron chi connectivity index (χ1n) is 11.2. The molecule has 4 rings (SSSR count). The van der Waals surface area contributed by atoms with Crippen LogP contribution in [0.25, 0.3) is 0 Å². The molecule has 3 atom stereocenters. The molecule has 0 aromatic heterocycles. The number of alkyl halides is 1. The fraction of sp³-hybridized carbons (Fsp3) is 0.458. The van der Waals surface area contributed by atoms with Gasteiger partial charge in [0.15, 0.2) is 0 Å². The van der Waals surface area contributed by atoms with Crippen molar-refractivity contribution in [1.82, 2.24) is 4.90 Å². The van der Waals surface area contributed by atoms with E-state index in [-0.39, 0.29) is 36.9 Å². The zero-order valence-electron chi connectivity index (χ0n) is 18.9. The van der Waals surface area contributed by atoms with Gasteiger partial charge in [-0.15, -0.1) is 0 Å². The number of carbonyl (C=O) groups is 1. The summed E-state index contributed by atoms with van der Waals surface area (Å²) in [5, 5.41) is 22.1. The van der Waals surface area contributed by atoms with Crippen LogP contribution < -0.4 is 10.4 Å². The maximum absolute atomic E-state index is 14.6. The smallest absolute Gasteiger partial charge is 0.427 e. The summed E-state index contributed by atoms with van der Waals surface area (Å²) in [6, 6.07) is 20.2. The first-order valence-corrected chi connectivity index (χ1v) is 13.1. The van der Waals surface area contributed by atoms with E-state index in [9.17, 15) is 19.2 Å². The van der Waals surface area contributed by atoms with E-state index >= 15 is 0 Å². The number of hydrogen-bond donors (Lipinski definition) is 2. The third-order valence-corrected chi connectivity index (χ3v) is 12.2. The minimum atomic E-state index is -2.91. The fourth-order valence-electron chi connectivity index (χ4n) is 5.75. The average Bonchev–Trinajstić information content (AvgIpc) is 3.22. The maximum Gasteiger partial charge on any atom is 0.457 e. The normalized spacial score (nSPS) is 25.8. The Morgan fingerprint density at radius 2 is 1.62 bits per heavy atom. The largest absolute Gasteiger partial charge is 0.457 e. The number of hydrogen-bond acceptors (Lipinski definition) is 4. The number of benzene rings is 2. The lowest BCUT2D eigenvalue weighted by molar-refractivity contribution is -0.130. The maximum atomic E-state index is 14.6. The zero-order chi connectivity index (χ0) is 23.1. The van der Waals surface area contributed by atoms with Gasteiger partial charge < -0.3 is 19.4 Å². The molecule has 2 aromatic rings. The molecule has 0 unspecified atom stereocenters. The van der Waals surface area contributed by atoms with Crippen LogP contribution in [-0.4, -0.2) is 61.2 Å². The minimum Gasteiger partial charge on any atom is -0.427 e. The van der Waals surface area contributed by atoms with Crippen molar-refractivity contribution in [2.45, 2.75) is 56.2 Å². The van der Waals surface area contributed by atoms with Crippen LogP contribution in [0.2, 0.25) is 10.9 Å². The predicted octanol–water partition coefficient (Wildman–Crippen LogP) is 2.12. The molecule has 8 heteroatoms. The summed E-state index contributed by atoms with van der Waals surface area (Å²) in [5.41, 5.74) is -1.06. The topological polar surface area (TPSA) is 70.0 Å². The van der Waals surface area contributed by atoms with Crippen LogP contribution >= 0.6 is 0 Å². The second-order valence-corrected chi connectivity index (χ2v) is 14.4. The van der Waals surface area contributed by atoms with Crippen molar-refractivity contribution in [2.75, 3.05) is 13.2 Å². The minimum absolute atomic E-state index is 0.00546. The molecule has 2 fully saturated rings. The highest BCUT2D eigenvalue weighted by Gasteiger charge is 2.63. The Morgan fingerprint density at radius 1 is 1.09 bits per heavy atom. The molecule has 5 nitrogen and oxygen atoms in total. The van der Waals surface area contributed by atoms with E-state index in [2.05, 4.69) is 45.0 Å². The van der Waals surface area contributed by atoms with Crippen LogP contribution in [-0.2, 0) is 9.22 Å². The summed E-state index contributed by atoms with van der Waals surface area (Å²) in [6.07, 6.45) is -1.16. The lowest BCUT2D eigenvalue weighted by Gasteiger charge is -2.46. The van der Waals surface area contributed by atoms with Crippen molar-refractivity contribution in [2.24, 2.45) is 0 Å². The molecule has 170 valence electrons. The Hall–Kier alpha value is -2.00. The SMILES string of the molecule is CC(C)(C)[Si](OC[C@]12C[C@@H](F)CN1C(=O)C[C@H]2B(O)O)(c1ccccc1)c1ccccc1. The van der Waals surface area contributed by atoms with Crippen LogP contribution in [0.4, 0.5) is 4.39 Å². The van der Waals surface area contributed by atoms with Gasteiger partial charge in [-0.25, -0.2) is 4.39 Å². The van der Waals surface area contributed by atoms with E-state index in [1.807, 2.05) is 36.4 Å². The van der Waals surface area contributed by atoms with Gasteiger partial charge in [0, 0.05) is 18.7 Å². The molecule has 2 aromatic carbocycles. The quantitative estimate of drug-likeness (QED) is 0.655. The summed E-state index contributed by atoms with van der Waals surface area (Å²) in [6.45, 7) is 6.50. The highest BCUT2D eigenvalue weighted by molar-refractivity contribution is 6.99. The molecule has 32 heavy (non-hydrogen) atoms. The Labute approximate surface area is 190 Å². The second-order valence-electron chi connectivity index (χ2n) is 10.1. The first kappa shape index (κ1) is 23.2. The molecule has 2 aliphatic rings. The van der Waals surface area contributed by atoms with Crippen LogP contribution in [0, 0.1) is 0 Å². The van der Waals surface area contributed by atoms with Gasteiger partial charge in [0.2, 0.25) is 5.91 Å². The molecular weight excluding hydrogens is 424 g/mol. The monoisotopic (exact) mass is 455 g/mol. The number of amides is 1. The number of rotatable bonds is 6. The van der Waals surface area contributed by atoms with E-state index in [1.54, 1.807) is 0 Å². The van der Waals surface area contributed by atoms with Crippen molar-refractivity contribution in [3.8, 4) is 0 Å². The van der Waals surface area contributed by atoms with Crippen molar-refractivity contribution in [3.05, 3.63) is 60.7 Å². The molecule has 0 saturated carbocycles. The van der Waals surface area contributed by atoms with Crippen molar-refractivity contribution >= 4 is 31.7 Å². The lowest BCUT2D eigenvalue weighted by Crippen LogP contribution is -2.68. The molecule has 2 saturated heterocycles. The van der Waals surface area contributed by atoms with Crippen LogP contribution in [0.5, 0.6) is 0 Å². The van der Waals surface area contributed by atoms with Gasteiger partial charge in [-0.05, 0) is 15.4 Å². The molecular formula is C24H31BFNO4Si. The van der Waals surface area contributed by atoms with Crippen LogP contribution in [0.15, 0.2) is 60.7 Å². The highest BCUT2D eigenvalue weighted by Crippen LogP contribution is 2.50. The lowest BCUT2D eigenvalue weighted by atomic mass is 9.61. The standard InChI is InChI=1S/C24H31BFNO4Si/c1-23(2,3)32(19-10-6-4-7-11-19,20-12-8-5-9-13-20)31-17-24-15-18(26)16-27(24)22(28)14-21(24)25(29)30/h4-13,18,21,29-30H,14-17H2,1-3H3/t18-,21-,24+/m1/s1. The summed E-state index contributed by atoms with van der Waals surface area (Å²) >= 11 is 0. The number of halogens is 1. The van der Waals surface area contributed by atoms with Gasteiger partial charge in [0.1, 0.15) is 6.17 Å². The van der Waals surface area contributed by atoms with Gasteiger partial charge in [0.05, 0.1) is 18.7 Å². The third kappa shape index (κ3) is 3.63. The molecule has 1 amide bonds. The van der Waals surface area contributed by atoms with Crippen molar-refractivity contribution < 1.29 is 23.7 Å². The fourth-order valence-corrected chi connectivity index (χ4v) is 10.4. The van der Waals surface area contributed by atoms with E-state index in [4.69, 9.17) is 4.43 Å². The molecule has 0 aliphatic carbocycles. The molecule has 0 radical (unpaired) electrons. The van der Waals surface area contributed by atoms with Crippen molar-refractivity contribution in [1.29, 1.82) is 0 Å². The summed E-state index contributed by atoms with van der Waals surface area (Å²) in [5.74, 6) is -1.02. The van der Waals surface area contributed by atoms with Gasteiger partial charge >= 0.3 is 7.12 Å². The van der Waals surface area contributed by atoms with E-state index in [1.165, 1.54) is 4.90 Å². The molecule has 2 aliphatic heterocycles. The van der Waals surface area contributed by atoms with Gasteiger partial charge in [-0.2, -0.15) is 0 Å². The molecule has 0 bridgehead atoms. The Morgan fingerprint density at radius 3 is 2.09 bits per heavy atom. The number of fused-ring (bicyclic) bond motifs is 1. The predicted molar refractivity (Wildman–Crippen MR) is 126 cm³/mol. The Kier molecular flexibility index (Phi) is 6.09. The zero-order valence-corrected chi connectivity index (χ0v) is 19.9. The van der Waals surface area contributed by atoms with E-state index in [0.29, 0.717) is 0 Å². The average molecular weight is 455 g/mol. The number of carbonyl (C=O) groups excluding carboxylic acids is 1. The Bertz CT molecular complexity index is 916. The Balaban J connectivity index is 1.83. The van der Waals surface area contributed by atoms with Crippen molar-refractivity contribution in [3.63, 3.8) is 0 Å². The van der Waals surface area contributed by atoms with E-state index in [0.717, 1.165) is 10.4 Å². The van der Waals surface area contributed by atoms with Gasteiger partial charge in [-0.3, -0.25) is 4.79 Å². The van der Waals surface area contributed by atoms with Gasteiger partial charge in [0.25, 0.3) is 8.32 Å². The summed E-state index contributed by atoms with van der Waals surface area (Å²) < 4.78 is 21.6. The highest BCUT2D eigenvalue weighted by atomic mass is 28.4. The van der Waals surface area contributed by atoms with E-state index < -0.39 is 33.0 Å². The molecule has 2 N–H and O–H groups in total. The second kappa shape index (κ2) is 8.41.